The molecule has 4 nitrogen and oxygen atoms in total. The van der Waals surface area contributed by atoms with Crippen molar-refractivity contribution in [2.45, 2.75) is 33.3 Å². The molecule has 0 bridgehead atoms. The number of nitrogens with one attached hydrogen (secondary N) is 1. The molecule has 21 heavy (non-hydrogen) atoms. The third kappa shape index (κ3) is 3.97. The first-order chi connectivity index (χ1) is 10.2. The highest BCUT2D eigenvalue weighted by Crippen LogP contribution is 2.25. The molecule has 1 aliphatic heterocycles. The first kappa shape index (κ1) is 15.8. The number of guanidine groups is 1. The Morgan fingerprint density at radius 3 is 2.90 bits per heavy atom. The van der Waals surface area contributed by atoms with Crippen LogP contribution in [-0.2, 0) is 4.74 Å². The van der Waals surface area contributed by atoms with Gasteiger partial charge in [-0.25, -0.2) is 0 Å². The van der Waals surface area contributed by atoms with Crippen LogP contribution in [0.25, 0.3) is 0 Å². The lowest BCUT2D eigenvalue weighted by Gasteiger charge is -2.35. The van der Waals surface area contributed by atoms with Gasteiger partial charge in [0.15, 0.2) is 5.96 Å². The van der Waals surface area contributed by atoms with Gasteiger partial charge in [0.05, 0.1) is 13.2 Å². The van der Waals surface area contributed by atoms with Crippen LogP contribution >= 0.6 is 0 Å². The molecule has 0 spiro atoms. The van der Waals surface area contributed by atoms with Gasteiger partial charge in [-0.15, -0.1) is 0 Å². The second-order valence-corrected chi connectivity index (χ2v) is 5.64. The highest BCUT2D eigenvalue weighted by Gasteiger charge is 2.25. The molecule has 1 unspecified atom stereocenters. The molecular weight excluding hydrogens is 262 g/mol. The van der Waals surface area contributed by atoms with Crippen molar-refractivity contribution in [2.24, 2.45) is 4.99 Å². The van der Waals surface area contributed by atoms with Crippen LogP contribution in [-0.4, -0.2) is 44.1 Å². The average molecular weight is 289 g/mol. The Morgan fingerprint density at radius 1 is 1.43 bits per heavy atom. The third-order valence-electron chi connectivity index (χ3n) is 3.88. The van der Waals surface area contributed by atoms with E-state index in [9.17, 15) is 0 Å². The van der Waals surface area contributed by atoms with Crippen LogP contribution in [0.3, 0.4) is 0 Å². The van der Waals surface area contributed by atoms with Gasteiger partial charge in [-0.2, -0.15) is 0 Å². The predicted molar refractivity (Wildman–Crippen MR) is 87.8 cm³/mol. The summed E-state index contributed by atoms with van der Waals surface area (Å²) in [6.45, 7) is 9.90. The van der Waals surface area contributed by atoms with Crippen molar-refractivity contribution in [1.29, 1.82) is 0 Å². The minimum absolute atomic E-state index is 0.125. The van der Waals surface area contributed by atoms with E-state index in [2.05, 4.69) is 54.2 Å². The lowest BCUT2D eigenvalue weighted by atomic mass is 10.00. The molecule has 2 rings (SSSR count). The predicted octanol–water partition coefficient (Wildman–Crippen LogP) is 2.66. The number of aryl methyl sites for hydroxylation is 2. The molecule has 0 aliphatic carbocycles. The second kappa shape index (κ2) is 7.46. The number of hydrogen-bond donors (Lipinski definition) is 1. The zero-order valence-corrected chi connectivity index (χ0v) is 13.6. The number of benzene rings is 1. The van der Waals surface area contributed by atoms with Crippen molar-refractivity contribution >= 4 is 5.96 Å². The normalized spacial score (nSPS) is 19.7. The van der Waals surface area contributed by atoms with Gasteiger partial charge >= 0.3 is 0 Å². The molecule has 1 heterocycles. The maximum absolute atomic E-state index is 5.99. The molecule has 116 valence electrons. The van der Waals surface area contributed by atoms with Crippen LogP contribution < -0.4 is 5.32 Å². The fraction of sp³-hybridized carbons (Fsp3) is 0.588. The van der Waals surface area contributed by atoms with Gasteiger partial charge in [-0.05, 0) is 31.4 Å². The molecule has 1 aliphatic rings. The van der Waals surface area contributed by atoms with Gasteiger partial charge in [-0.1, -0.05) is 30.7 Å². The lowest BCUT2D eigenvalue weighted by Crippen LogP contribution is -2.48. The van der Waals surface area contributed by atoms with Crippen molar-refractivity contribution in [2.75, 3.05) is 33.3 Å². The Kier molecular flexibility index (Phi) is 5.62. The fourth-order valence-electron chi connectivity index (χ4n) is 2.79. The van der Waals surface area contributed by atoms with Gasteiger partial charge in [0, 0.05) is 20.1 Å². The summed E-state index contributed by atoms with van der Waals surface area (Å²) in [5.74, 6) is 0.981. The minimum Gasteiger partial charge on any atom is -0.370 e. The van der Waals surface area contributed by atoms with Crippen LogP contribution in [0.4, 0.5) is 0 Å². The summed E-state index contributed by atoms with van der Waals surface area (Å²) in [5.41, 5.74) is 3.89. The van der Waals surface area contributed by atoms with E-state index in [1.165, 1.54) is 16.7 Å². The van der Waals surface area contributed by atoms with Gasteiger partial charge in [0.2, 0.25) is 0 Å². The number of nitrogens with zero attached hydrogens (tertiary/aromatic N) is 2. The Bertz CT molecular complexity index is 499. The molecule has 1 aromatic rings. The van der Waals surface area contributed by atoms with Crippen molar-refractivity contribution in [3.63, 3.8) is 0 Å². The molecule has 0 saturated carbocycles. The summed E-state index contributed by atoms with van der Waals surface area (Å²) < 4.78 is 5.99. The highest BCUT2D eigenvalue weighted by atomic mass is 16.5. The first-order valence-electron chi connectivity index (χ1n) is 7.80. The Hall–Kier alpha value is -1.55. The van der Waals surface area contributed by atoms with Gasteiger partial charge in [0.1, 0.15) is 6.10 Å². The van der Waals surface area contributed by atoms with E-state index in [0.29, 0.717) is 0 Å². The fourth-order valence-corrected chi connectivity index (χ4v) is 2.79. The molecule has 1 aromatic carbocycles. The molecule has 1 N–H and O–H groups in total. The Labute approximate surface area is 128 Å². The monoisotopic (exact) mass is 289 g/mol. The van der Waals surface area contributed by atoms with Gasteiger partial charge in [-0.3, -0.25) is 4.99 Å². The summed E-state index contributed by atoms with van der Waals surface area (Å²) in [7, 11) is 1.85. The van der Waals surface area contributed by atoms with E-state index in [-0.39, 0.29) is 6.10 Å². The van der Waals surface area contributed by atoms with Crippen molar-refractivity contribution < 1.29 is 4.74 Å². The first-order valence-corrected chi connectivity index (χ1v) is 7.80. The largest absolute Gasteiger partial charge is 0.370 e. The van der Waals surface area contributed by atoms with Gasteiger partial charge < -0.3 is 15.0 Å². The van der Waals surface area contributed by atoms with Crippen LogP contribution in [0.2, 0.25) is 0 Å². The lowest BCUT2D eigenvalue weighted by molar-refractivity contribution is -0.00830. The second-order valence-electron chi connectivity index (χ2n) is 5.64. The Morgan fingerprint density at radius 2 is 2.24 bits per heavy atom. The number of aliphatic imine (C=N–C) groups is 1. The molecule has 1 atom stereocenters. The van der Waals surface area contributed by atoms with Crippen LogP contribution in [0.5, 0.6) is 0 Å². The van der Waals surface area contributed by atoms with Gasteiger partial charge in [0.25, 0.3) is 0 Å². The number of morpholine rings is 1. The summed E-state index contributed by atoms with van der Waals surface area (Å²) in [6.07, 6.45) is 1.23. The van der Waals surface area contributed by atoms with Crippen LogP contribution in [0.15, 0.2) is 23.2 Å². The smallest absolute Gasteiger partial charge is 0.193 e. The van der Waals surface area contributed by atoms with E-state index in [0.717, 1.165) is 38.6 Å². The zero-order valence-electron chi connectivity index (χ0n) is 13.6. The summed E-state index contributed by atoms with van der Waals surface area (Å²) >= 11 is 0. The molecule has 0 radical (unpaired) electrons. The SMILES string of the molecule is CCCNC(=NC)N1CCOC(c2ccc(C)cc2C)C1. The standard InChI is InChI=1S/C17H27N3O/c1-5-8-19-17(18-4)20-9-10-21-16(12-20)15-7-6-13(2)11-14(15)3/h6-7,11,16H,5,8-10,12H2,1-4H3,(H,18,19). The molecule has 1 saturated heterocycles. The van der Waals surface area contributed by atoms with Crippen LogP contribution in [0.1, 0.15) is 36.1 Å². The highest BCUT2D eigenvalue weighted by molar-refractivity contribution is 5.80. The molecule has 1 fully saturated rings. The molecular formula is C17H27N3O. The molecule has 0 amide bonds. The zero-order chi connectivity index (χ0) is 15.2. The topological polar surface area (TPSA) is 36.9 Å². The summed E-state index contributed by atoms with van der Waals surface area (Å²) in [6, 6.07) is 6.58. The number of rotatable bonds is 3. The number of ether oxygens (including phenoxy) is 1. The van der Waals surface area contributed by atoms with Crippen LogP contribution in [0, 0.1) is 13.8 Å². The van der Waals surface area contributed by atoms with E-state index in [1.54, 1.807) is 0 Å². The van der Waals surface area contributed by atoms with E-state index in [4.69, 9.17) is 4.74 Å². The molecule has 0 aromatic heterocycles. The van der Waals surface area contributed by atoms with Crippen molar-refractivity contribution in [3.8, 4) is 0 Å². The minimum atomic E-state index is 0.125. The van der Waals surface area contributed by atoms with E-state index >= 15 is 0 Å². The Balaban J connectivity index is 2.09. The molecule has 4 heteroatoms. The average Bonchev–Trinajstić information content (AvgIpc) is 2.48. The van der Waals surface area contributed by atoms with E-state index in [1.807, 2.05) is 7.05 Å². The quantitative estimate of drug-likeness (QED) is 0.686. The van der Waals surface area contributed by atoms with E-state index < -0.39 is 0 Å². The maximum atomic E-state index is 5.99. The van der Waals surface area contributed by atoms with Crippen molar-refractivity contribution in [3.05, 3.63) is 34.9 Å². The van der Waals surface area contributed by atoms with Crippen molar-refractivity contribution in [1.82, 2.24) is 10.2 Å². The summed E-state index contributed by atoms with van der Waals surface area (Å²) in [4.78, 5) is 6.68. The third-order valence-corrected chi connectivity index (χ3v) is 3.88. The maximum Gasteiger partial charge on any atom is 0.193 e. The number of hydrogen-bond acceptors (Lipinski definition) is 2. The summed E-state index contributed by atoms with van der Waals surface area (Å²) in [5, 5.41) is 3.40.